The van der Waals surface area contributed by atoms with E-state index in [4.69, 9.17) is 0 Å². The molecule has 23 heavy (non-hydrogen) atoms. The molecule has 1 N–H and O–H groups in total. The van der Waals surface area contributed by atoms with Crippen molar-refractivity contribution in [3.05, 3.63) is 57.5 Å². The Labute approximate surface area is 135 Å². The van der Waals surface area contributed by atoms with E-state index in [2.05, 4.69) is 55.1 Å². The zero-order valence-electron chi connectivity index (χ0n) is 13.8. The molecule has 0 spiro atoms. The van der Waals surface area contributed by atoms with E-state index >= 15 is 0 Å². The molecular weight excluding hydrogens is 286 g/mol. The van der Waals surface area contributed by atoms with Gasteiger partial charge in [0.2, 0.25) is 0 Å². The lowest BCUT2D eigenvalue weighted by molar-refractivity contribution is 0.590. The van der Waals surface area contributed by atoms with Crippen molar-refractivity contribution in [1.29, 1.82) is 0 Å². The summed E-state index contributed by atoms with van der Waals surface area (Å²) in [5, 5.41) is 3.21. The monoisotopic (exact) mass is 307 g/mol. The van der Waals surface area contributed by atoms with Crippen molar-refractivity contribution in [3.8, 4) is 11.3 Å². The minimum atomic E-state index is 0.0556. The summed E-state index contributed by atoms with van der Waals surface area (Å²) in [6, 6.07) is 10.5. The molecule has 0 bridgehead atoms. The first kappa shape index (κ1) is 14.2. The maximum absolute atomic E-state index is 12.5. The highest BCUT2D eigenvalue weighted by atomic mass is 16.1. The number of aromatic nitrogens is 3. The zero-order chi connectivity index (χ0) is 16.2. The average molecular weight is 307 g/mol. The second-order valence-corrected chi connectivity index (χ2v) is 7.39. The molecule has 2 heterocycles. The van der Waals surface area contributed by atoms with Gasteiger partial charge in [-0.15, -0.1) is 0 Å². The summed E-state index contributed by atoms with van der Waals surface area (Å²) in [5.41, 5.74) is 6.06. The number of nitrogens with one attached hydrogen (secondary N) is 1. The van der Waals surface area contributed by atoms with E-state index in [1.807, 2.05) is 6.07 Å². The number of benzene rings is 1. The predicted molar refractivity (Wildman–Crippen MR) is 92.0 cm³/mol. The third kappa shape index (κ3) is 2.29. The van der Waals surface area contributed by atoms with Crippen LogP contribution < -0.4 is 5.56 Å². The molecule has 2 aromatic heterocycles. The van der Waals surface area contributed by atoms with Gasteiger partial charge in [-0.25, -0.2) is 9.50 Å². The van der Waals surface area contributed by atoms with Crippen LogP contribution in [0.2, 0.25) is 0 Å². The van der Waals surface area contributed by atoms with Gasteiger partial charge in [-0.05, 0) is 35.8 Å². The number of nitrogens with zero attached hydrogens (tertiary/aromatic N) is 2. The maximum atomic E-state index is 12.5. The number of H-pyrrole nitrogens is 1. The van der Waals surface area contributed by atoms with Crippen molar-refractivity contribution in [2.75, 3.05) is 0 Å². The van der Waals surface area contributed by atoms with Crippen molar-refractivity contribution >= 4 is 5.65 Å². The Bertz CT molecular complexity index is 940. The van der Waals surface area contributed by atoms with E-state index in [0.717, 1.165) is 41.8 Å². The van der Waals surface area contributed by atoms with E-state index in [1.165, 1.54) is 5.56 Å². The molecule has 0 saturated carbocycles. The SMILES string of the molecule is CC(C)(C)c1ccc(-c2cc3nc4c(c(=O)n3[nH]2)CCC4)cc1. The van der Waals surface area contributed by atoms with E-state index in [-0.39, 0.29) is 11.0 Å². The fourth-order valence-electron chi connectivity index (χ4n) is 3.29. The first-order valence-electron chi connectivity index (χ1n) is 8.18. The van der Waals surface area contributed by atoms with E-state index in [9.17, 15) is 4.79 Å². The quantitative estimate of drug-likeness (QED) is 0.748. The molecule has 1 aliphatic carbocycles. The third-order valence-electron chi connectivity index (χ3n) is 4.70. The Kier molecular flexibility index (Phi) is 2.98. The van der Waals surface area contributed by atoms with Crippen LogP contribution in [0.5, 0.6) is 0 Å². The van der Waals surface area contributed by atoms with Gasteiger partial charge in [0.1, 0.15) is 0 Å². The van der Waals surface area contributed by atoms with Gasteiger partial charge in [-0.2, -0.15) is 0 Å². The summed E-state index contributed by atoms with van der Waals surface area (Å²) in [5.74, 6) is 0. The zero-order valence-corrected chi connectivity index (χ0v) is 13.8. The molecule has 4 nitrogen and oxygen atoms in total. The van der Waals surface area contributed by atoms with Crippen LogP contribution in [0.15, 0.2) is 35.1 Å². The molecule has 3 aromatic rings. The summed E-state index contributed by atoms with van der Waals surface area (Å²) in [6.07, 6.45) is 2.80. The van der Waals surface area contributed by atoms with Crippen molar-refractivity contribution in [2.24, 2.45) is 0 Å². The fourth-order valence-corrected chi connectivity index (χ4v) is 3.29. The molecule has 4 heteroatoms. The van der Waals surface area contributed by atoms with Crippen molar-refractivity contribution in [1.82, 2.24) is 14.6 Å². The minimum Gasteiger partial charge on any atom is -0.289 e. The van der Waals surface area contributed by atoms with Crippen LogP contribution in [0.3, 0.4) is 0 Å². The second kappa shape index (κ2) is 4.82. The summed E-state index contributed by atoms with van der Waals surface area (Å²) < 4.78 is 1.58. The lowest BCUT2D eigenvalue weighted by Crippen LogP contribution is -2.19. The van der Waals surface area contributed by atoms with Gasteiger partial charge in [-0.1, -0.05) is 45.0 Å². The number of fused-ring (bicyclic) bond motifs is 2. The highest BCUT2D eigenvalue weighted by Crippen LogP contribution is 2.26. The molecule has 0 saturated heterocycles. The maximum Gasteiger partial charge on any atom is 0.276 e. The summed E-state index contributed by atoms with van der Waals surface area (Å²) >= 11 is 0. The Morgan fingerprint density at radius 1 is 1.13 bits per heavy atom. The molecule has 0 unspecified atom stereocenters. The van der Waals surface area contributed by atoms with Gasteiger partial charge in [0.25, 0.3) is 5.56 Å². The molecule has 0 amide bonds. The normalized spacial score (nSPS) is 14.4. The lowest BCUT2D eigenvalue weighted by Gasteiger charge is -2.18. The van der Waals surface area contributed by atoms with Crippen LogP contribution in [0, 0.1) is 0 Å². The first-order valence-corrected chi connectivity index (χ1v) is 8.18. The summed E-state index contributed by atoms with van der Waals surface area (Å²) in [7, 11) is 0. The summed E-state index contributed by atoms with van der Waals surface area (Å²) in [4.78, 5) is 17.2. The van der Waals surface area contributed by atoms with Crippen LogP contribution >= 0.6 is 0 Å². The van der Waals surface area contributed by atoms with Crippen LogP contribution in [0.4, 0.5) is 0 Å². The Morgan fingerprint density at radius 2 is 1.87 bits per heavy atom. The molecule has 1 aromatic carbocycles. The average Bonchev–Trinajstić information content (AvgIpc) is 3.13. The number of aryl methyl sites for hydroxylation is 1. The minimum absolute atomic E-state index is 0.0556. The molecular formula is C19H21N3O. The fraction of sp³-hybridized carbons (Fsp3) is 0.368. The Balaban J connectivity index is 1.81. The van der Waals surface area contributed by atoms with Gasteiger partial charge in [0, 0.05) is 11.6 Å². The number of hydrogen-bond donors (Lipinski definition) is 1. The molecule has 0 fully saturated rings. The molecule has 0 radical (unpaired) electrons. The standard InChI is InChI=1S/C19H21N3O/c1-19(2,3)13-9-7-12(8-10-13)16-11-17-20-15-6-4-5-14(15)18(23)22(17)21-16/h7-11,21H,4-6H2,1-3H3. The first-order chi connectivity index (χ1) is 10.9. The molecule has 0 atom stereocenters. The Hall–Kier alpha value is -2.36. The molecule has 1 aliphatic rings. The van der Waals surface area contributed by atoms with Crippen molar-refractivity contribution in [3.63, 3.8) is 0 Å². The third-order valence-corrected chi connectivity index (χ3v) is 4.70. The van der Waals surface area contributed by atoms with Gasteiger partial charge in [0.15, 0.2) is 5.65 Å². The van der Waals surface area contributed by atoms with Crippen LogP contribution in [0.1, 0.15) is 44.0 Å². The van der Waals surface area contributed by atoms with E-state index in [1.54, 1.807) is 4.52 Å². The summed E-state index contributed by atoms with van der Waals surface area (Å²) in [6.45, 7) is 6.61. The van der Waals surface area contributed by atoms with Crippen molar-refractivity contribution in [2.45, 2.75) is 45.4 Å². The second-order valence-electron chi connectivity index (χ2n) is 7.39. The van der Waals surface area contributed by atoms with Crippen LogP contribution in [0.25, 0.3) is 16.9 Å². The largest absolute Gasteiger partial charge is 0.289 e. The highest BCUT2D eigenvalue weighted by molar-refractivity contribution is 5.64. The number of hydrogen-bond acceptors (Lipinski definition) is 2. The number of rotatable bonds is 1. The number of aromatic amines is 1. The van der Waals surface area contributed by atoms with Crippen LogP contribution in [-0.4, -0.2) is 14.6 Å². The predicted octanol–water partition coefficient (Wildman–Crippen LogP) is 3.48. The lowest BCUT2D eigenvalue weighted by atomic mass is 9.86. The molecule has 118 valence electrons. The van der Waals surface area contributed by atoms with Gasteiger partial charge in [-0.3, -0.25) is 9.89 Å². The Morgan fingerprint density at radius 3 is 2.57 bits per heavy atom. The smallest absolute Gasteiger partial charge is 0.276 e. The molecule has 0 aliphatic heterocycles. The highest BCUT2D eigenvalue weighted by Gasteiger charge is 2.19. The van der Waals surface area contributed by atoms with Crippen molar-refractivity contribution < 1.29 is 0 Å². The van der Waals surface area contributed by atoms with E-state index < -0.39 is 0 Å². The topological polar surface area (TPSA) is 50.2 Å². The van der Waals surface area contributed by atoms with Crippen LogP contribution in [-0.2, 0) is 18.3 Å². The van der Waals surface area contributed by atoms with Gasteiger partial charge < -0.3 is 0 Å². The van der Waals surface area contributed by atoms with Gasteiger partial charge in [0.05, 0.1) is 11.4 Å². The van der Waals surface area contributed by atoms with Gasteiger partial charge >= 0.3 is 0 Å². The van der Waals surface area contributed by atoms with E-state index in [0.29, 0.717) is 5.65 Å². The molecule has 4 rings (SSSR count).